The second kappa shape index (κ2) is 8.04. The maximum atomic E-state index is 14.0. The standard InChI is InChI=1S/C19H23F2N5O2/c1-13-10-19(20,21)9-8-15(18(28)25(13)2)23-17(27)16-22-12-26(24-16)11-14-6-4-3-5-7-14/h3-7,12-13,15H,8-11H2,1-2H3,(H,23,27)/t13-,15-/m0/s1. The summed E-state index contributed by atoms with van der Waals surface area (Å²) in [6.45, 7) is 2.01. The number of carbonyl (C=O) groups excluding carboxylic acids is 2. The normalized spacial score (nSPS) is 22.4. The summed E-state index contributed by atoms with van der Waals surface area (Å²) in [7, 11) is 1.47. The van der Waals surface area contributed by atoms with Gasteiger partial charge in [-0.15, -0.1) is 5.10 Å². The molecule has 3 rings (SSSR count). The number of halogens is 2. The lowest BCUT2D eigenvalue weighted by Crippen LogP contribution is -2.53. The highest BCUT2D eigenvalue weighted by molar-refractivity contribution is 5.94. The number of aromatic nitrogens is 3. The van der Waals surface area contributed by atoms with E-state index in [1.54, 1.807) is 6.92 Å². The molecule has 0 radical (unpaired) electrons. The highest BCUT2D eigenvalue weighted by Crippen LogP contribution is 2.30. The Kier molecular flexibility index (Phi) is 5.71. The maximum Gasteiger partial charge on any atom is 0.291 e. The number of rotatable bonds is 4. The van der Waals surface area contributed by atoms with Crippen molar-refractivity contribution in [2.24, 2.45) is 0 Å². The molecule has 2 atom stereocenters. The summed E-state index contributed by atoms with van der Waals surface area (Å²) >= 11 is 0. The summed E-state index contributed by atoms with van der Waals surface area (Å²) < 4.78 is 29.4. The smallest absolute Gasteiger partial charge is 0.291 e. The molecule has 150 valence electrons. The van der Waals surface area contributed by atoms with Crippen LogP contribution in [0.15, 0.2) is 36.7 Å². The Hall–Kier alpha value is -2.84. The fourth-order valence-electron chi connectivity index (χ4n) is 3.22. The Morgan fingerprint density at radius 2 is 2.04 bits per heavy atom. The van der Waals surface area contributed by atoms with Crippen molar-refractivity contribution in [3.05, 3.63) is 48.0 Å². The molecule has 0 aliphatic carbocycles. The second-order valence-corrected chi connectivity index (χ2v) is 7.17. The Labute approximate surface area is 161 Å². The molecule has 1 fully saturated rings. The van der Waals surface area contributed by atoms with Gasteiger partial charge in [-0.3, -0.25) is 9.59 Å². The molecule has 1 saturated heterocycles. The lowest BCUT2D eigenvalue weighted by Gasteiger charge is -2.34. The third-order valence-corrected chi connectivity index (χ3v) is 4.93. The van der Waals surface area contributed by atoms with Gasteiger partial charge in [-0.05, 0) is 18.9 Å². The van der Waals surface area contributed by atoms with Crippen molar-refractivity contribution in [1.29, 1.82) is 0 Å². The molecule has 2 heterocycles. The highest BCUT2D eigenvalue weighted by atomic mass is 19.3. The number of likely N-dealkylation sites (tertiary alicyclic amines) is 1. The largest absolute Gasteiger partial charge is 0.341 e. The van der Waals surface area contributed by atoms with Crippen molar-refractivity contribution in [3.8, 4) is 0 Å². The zero-order valence-corrected chi connectivity index (χ0v) is 15.8. The number of benzene rings is 1. The van der Waals surface area contributed by atoms with Gasteiger partial charge in [0.25, 0.3) is 5.91 Å². The second-order valence-electron chi connectivity index (χ2n) is 7.17. The van der Waals surface area contributed by atoms with Crippen LogP contribution in [-0.4, -0.2) is 56.5 Å². The third-order valence-electron chi connectivity index (χ3n) is 4.93. The summed E-state index contributed by atoms with van der Waals surface area (Å²) in [5.74, 6) is -4.03. The summed E-state index contributed by atoms with van der Waals surface area (Å²) in [5.41, 5.74) is 0.993. The molecule has 0 spiro atoms. The van der Waals surface area contributed by atoms with Gasteiger partial charge in [0, 0.05) is 25.9 Å². The fraction of sp³-hybridized carbons (Fsp3) is 0.474. The van der Waals surface area contributed by atoms with Crippen LogP contribution in [0.25, 0.3) is 0 Å². The number of nitrogens with one attached hydrogen (secondary N) is 1. The number of nitrogens with zero attached hydrogens (tertiary/aromatic N) is 4. The van der Waals surface area contributed by atoms with E-state index in [0.717, 1.165) is 5.56 Å². The van der Waals surface area contributed by atoms with Gasteiger partial charge in [0.05, 0.1) is 6.54 Å². The third kappa shape index (κ3) is 4.71. The predicted octanol–water partition coefficient (Wildman–Crippen LogP) is 2.09. The minimum absolute atomic E-state index is 0.103. The average Bonchev–Trinajstić information content (AvgIpc) is 3.12. The number of carbonyl (C=O) groups is 2. The topological polar surface area (TPSA) is 80.1 Å². The van der Waals surface area contributed by atoms with Gasteiger partial charge in [-0.2, -0.15) is 0 Å². The van der Waals surface area contributed by atoms with Crippen LogP contribution >= 0.6 is 0 Å². The van der Waals surface area contributed by atoms with Crippen LogP contribution in [-0.2, 0) is 11.3 Å². The van der Waals surface area contributed by atoms with E-state index in [9.17, 15) is 18.4 Å². The summed E-state index contributed by atoms with van der Waals surface area (Å²) in [6, 6.07) is 7.88. The average molecular weight is 391 g/mol. The molecular weight excluding hydrogens is 368 g/mol. The lowest BCUT2D eigenvalue weighted by atomic mass is 9.96. The van der Waals surface area contributed by atoms with Crippen LogP contribution in [0, 0.1) is 0 Å². The monoisotopic (exact) mass is 391 g/mol. The van der Waals surface area contributed by atoms with Gasteiger partial charge in [0.15, 0.2) is 0 Å². The first kappa shape index (κ1) is 19.9. The van der Waals surface area contributed by atoms with Crippen LogP contribution in [0.3, 0.4) is 0 Å². The van der Waals surface area contributed by atoms with Crippen LogP contribution < -0.4 is 5.32 Å². The van der Waals surface area contributed by atoms with E-state index in [1.807, 2.05) is 30.3 Å². The molecule has 1 N–H and O–H groups in total. The van der Waals surface area contributed by atoms with Gasteiger partial charge in [-0.1, -0.05) is 30.3 Å². The van der Waals surface area contributed by atoms with E-state index in [4.69, 9.17) is 0 Å². The van der Waals surface area contributed by atoms with E-state index in [0.29, 0.717) is 6.54 Å². The molecule has 1 aliphatic rings. The number of likely N-dealkylation sites (N-methyl/N-ethyl adjacent to an activating group) is 1. The zero-order valence-electron chi connectivity index (χ0n) is 15.8. The highest BCUT2D eigenvalue weighted by Gasteiger charge is 2.39. The minimum Gasteiger partial charge on any atom is -0.341 e. The SMILES string of the molecule is C[C@H]1CC(F)(F)CC[C@H](NC(=O)c2ncn(Cc3ccccc3)n2)C(=O)N1C. The number of alkyl halides is 2. The van der Waals surface area contributed by atoms with Gasteiger partial charge >= 0.3 is 0 Å². The van der Waals surface area contributed by atoms with Crippen molar-refractivity contribution in [2.75, 3.05) is 7.05 Å². The Balaban J connectivity index is 1.68. The van der Waals surface area contributed by atoms with Crippen molar-refractivity contribution >= 4 is 11.8 Å². The van der Waals surface area contributed by atoms with Crippen molar-refractivity contribution in [3.63, 3.8) is 0 Å². The zero-order chi connectivity index (χ0) is 20.3. The number of hydrogen-bond acceptors (Lipinski definition) is 4. The van der Waals surface area contributed by atoms with E-state index >= 15 is 0 Å². The minimum atomic E-state index is -2.88. The molecule has 0 unspecified atom stereocenters. The molecule has 1 aromatic heterocycles. The van der Waals surface area contributed by atoms with Crippen LogP contribution in [0.5, 0.6) is 0 Å². The molecule has 9 heteroatoms. The van der Waals surface area contributed by atoms with Gasteiger partial charge < -0.3 is 10.2 Å². The lowest BCUT2D eigenvalue weighted by molar-refractivity contribution is -0.138. The van der Waals surface area contributed by atoms with Crippen molar-refractivity contribution in [1.82, 2.24) is 25.0 Å². The molecule has 7 nitrogen and oxygen atoms in total. The first-order chi connectivity index (χ1) is 13.2. The first-order valence-corrected chi connectivity index (χ1v) is 9.14. The van der Waals surface area contributed by atoms with Gasteiger partial charge in [0.1, 0.15) is 12.4 Å². The van der Waals surface area contributed by atoms with E-state index in [-0.39, 0.29) is 24.6 Å². The van der Waals surface area contributed by atoms with Crippen molar-refractivity contribution in [2.45, 2.75) is 50.7 Å². The van der Waals surface area contributed by atoms with Crippen LogP contribution in [0.4, 0.5) is 8.78 Å². The summed E-state index contributed by atoms with van der Waals surface area (Å²) in [4.78, 5) is 30.3. The molecule has 2 amide bonds. The van der Waals surface area contributed by atoms with Gasteiger partial charge in [0.2, 0.25) is 17.7 Å². The van der Waals surface area contributed by atoms with E-state index in [1.165, 1.54) is 23.0 Å². The predicted molar refractivity (Wildman–Crippen MR) is 97.9 cm³/mol. The summed E-state index contributed by atoms with van der Waals surface area (Å²) in [6.07, 6.45) is 0.433. The Bertz CT molecular complexity index is 840. The summed E-state index contributed by atoms with van der Waals surface area (Å²) in [5, 5.41) is 6.64. The molecule has 1 aromatic carbocycles. The fourth-order valence-corrected chi connectivity index (χ4v) is 3.22. The molecule has 2 aromatic rings. The Morgan fingerprint density at radius 1 is 1.32 bits per heavy atom. The molecule has 1 aliphatic heterocycles. The Morgan fingerprint density at radius 3 is 2.75 bits per heavy atom. The number of hydrogen-bond donors (Lipinski definition) is 1. The quantitative estimate of drug-likeness (QED) is 0.866. The molecule has 0 bridgehead atoms. The van der Waals surface area contributed by atoms with Crippen molar-refractivity contribution < 1.29 is 18.4 Å². The number of amides is 2. The van der Waals surface area contributed by atoms with Gasteiger partial charge in [-0.25, -0.2) is 18.4 Å². The first-order valence-electron chi connectivity index (χ1n) is 9.14. The molecular formula is C19H23F2N5O2. The van der Waals surface area contributed by atoms with Crippen LogP contribution in [0.2, 0.25) is 0 Å². The van der Waals surface area contributed by atoms with E-state index in [2.05, 4.69) is 15.4 Å². The van der Waals surface area contributed by atoms with E-state index < -0.39 is 30.3 Å². The maximum absolute atomic E-state index is 14.0. The molecule has 28 heavy (non-hydrogen) atoms. The molecule has 0 saturated carbocycles. The van der Waals surface area contributed by atoms with Crippen LogP contribution in [0.1, 0.15) is 42.4 Å².